The molecule has 1 heteroatoms. The summed E-state index contributed by atoms with van der Waals surface area (Å²) in [6.07, 6.45) is 7.22. The van der Waals surface area contributed by atoms with E-state index in [1.807, 2.05) is 6.08 Å². The Kier molecular flexibility index (Phi) is 2.73. The minimum Gasteiger partial charge on any atom is -0.317 e. The van der Waals surface area contributed by atoms with Crippen molar-refractivity contribution >= 4 is 17.5 Å². The fourth-order valence-electron chi connectivity index (χ4n) is 2.28. The van der Waals surface area contributed by atoms with Crippen LogP contribution in [0.25, 0.3) is 6.08 Å². The number of allylic oxidation sites excluding steroid dienone is 1. The lowest BCUT2D eigenvalue weighted by atomic mass is 10.0. The van der Waals surface area contributed by atoms with Crippen LogP contribution in [0, 0.1) is 0 Å². The topological polar surface area (TPSA) is 3.24 Å². The number of nitrogens with zero attached hydrogens (tertiary/aromatic N) is 1. The number of benzene rings is 2. The average Bonchev–Trinajstić information content (AvgIpc) is 2.47. The molecular weight excluding hydrogens is 218 g/mol. The minimum atomic E-state index is 1.01. The Balaban J connectivity index is 2.03. The van der Waals surface area contributed by atoms with E-state index in [1.54, 1.807) is 0 Å². The number of rotatable bonds is 2. The van der Waals surface area contributed by atoms with Gasteiger partial charge >= 0.3 is 0 Å². The molecular formula is C17H15N. The summed E-state index contributed by atoms with van der Waals surface area (Å²) in [7, 11) is 0. The van der Waals surface area contributed by atoms with Gasteiger partial charge in [0.15, 0.2) is 0 Å². The van der Waals surface area contributed by atoms with Crippen LogP contribution >= 0.6 is 0 Å². The molecule has 1 heterocycles. The largest absolute Gasteiger partial charge is 0.317 e. The van der Waals surface area contributed by atoms with Crippen LogP contribution in [0.5, 0.6) is 0 Å². The van der Waals surface area contributed by atoms with Crippen LogP contribution in [0.3, 0.4) is 0 Å². The average molecular weight is 233 g/mol. The first-order chi connectivity index (χ1) is 8.88. The summed E-state index contributed by atoms with van der Waals surface area (Å²) in [5, 5.41) is 0. The van der Waals surface area contributed by atoms with Crippen molar-refractivity contribution in [3.05, 3.63) is 78.5 Å². The lowest BCUT2D eigenvalue weighted by Gasteiger charge is -2.26. The molecule has 0 aromatic heterocycles. The quantitative estimate of drug-likeness (QED) is 0.736. The second-order valence-electron chi connectivity index (χ2n) is 4.38. The van der Waals surface area contributed by atoms with Gasteiger partial charge in [-0.2, -0.15) is 0 Å². The third-order valence-electron chi connectivity index (χ3n) is 3.25. The van der Waals surface area contributed by atoms with E-state index < -0.39 is 0 Å². The van der Waals surface area contributed by atoms with Crippen LogP contribution in [0.1, 0.15) is 11.1 Å². The predicted molar refractivity (Wildman–Crippen MR) is 78.0 cm³/mol. The van der Waals surface area contributed by atoms with Crippen LogP contribution in [-0.2, 0) is 6.42 Å². The summed E-state index contributed by atoms with van der Waals surface area (Å²) in [6, 6.07) is 17.0. The van der Waals surface area contributed by atoms with Crippen molar-refractivity contribution in [2.45, 2.75) is 6.42 Å². The molecule has 0 bridgehead atoms. The van der Waals surface area contributed by atoms with Gasteiger partial charge in [0.05, 0.1) is 0 Å². The summed E-state index contributed by atoms with van der Waals surface area (Å²) in [6.45, 7) is 3.78. The third kappa shape index (κ3) is 1.84. The van der Waals surface area contributed by atoms with Gasteiger partial charge in [-0.25, -0.2) is 0 Å². The zero-order valence-electron chi connectivity index (χ0n) is 10.2. The van der Waals surface area contributed by atoms with E-state index in [-0.39, 0.29) is 0 Å². The highest BCUT2D eigenvalue weighted by molar-refractivity contribution is 5.71. The highest BCUT2D eigenvalue weighted by Gasteiger charge is 2.13. The van der Waals surface area contributed by atoms with E-state index in [0.717, 1.165) is 12.0 Å². The zero-order chi connectivity index (χ0) is 12.4. The normalized spacial score (nSPS) is 13.2. The molecule has 0 aliphatic carbocycles. The molecule has 0 fully saturated rings. The smallest absolute Gasteiger partial charge is 0.0490 e. The van der Waals surface area contributed by atoms with E-state index in [9.17, 15) is 0 Å². The number of anilines is 2. The fraction of sp³-hybridized carbons (Fsp3) is 0.0588. The number of fused-ring (bicyclic) bond motifs is 1. The first-order valence-corrected chi connectivity index (χ1v) is 6.15. The van der Waals surface area contributed by atoms with E-state index in [0.29, 0.717) is 0 Å². The Morgan fingerprint density at radius 3 is 2.56 bits per heavy atom. The second-order valence-corrected chi connectivity index (χ2v) is 4.38. The molecule has 1 nitrogen and oxygen atoms in total. The first-order valence-electron chi connectivity index (χ1n) is 6.15. The summed E-state index contributed by atoms with van der Waals surface area (Å²) in [5.41, 5.74) is 4.97. The van der Waals surface area contributed by atoms with Gasteiger partial charge < -0.3 is 4.90 Å². The maximum atomic E-state index is 3.78. The molecule has 0 saturated carbocycles. The van der Waals surface area contributed by atoms with Crippen LogP contribution < -0.4 is 4.90 Å². The minimum absolute atomic E-state index is 1.01. The molecule has 1 aliphatic rings. The van der Waals surface area contributed by atoms with Gasteiger partial charge in [0.1, 0.15) is 0 Å². The summed E-state index contributed by atoms with van der Waals surface area (Å²) in [5.74, 6) is 0. The molecule has 0 unspecified atom stereocenters. The van der Waals surface area contributed by atoms with Crippen molar-refractivity contribution < 1.29 is 0 Å². The Bertz CT molecular complexity index is 593. The molecule has 2 aromatic rings. The molecule has 2 aromatic carbocycles. The van der Waals surface area contributed by atoms with Crippen molar-refractivity contribution in [1.29, 1.82) is 0 Å². The van der Waals surface area contributed by atoms with Crippen LogP contribution in [-0.4, -0.2) is 0 Å². The number of para-hydroxylation sites is 1. The van der Waals surface area contributed by atoms with Crippen LogP contribution in [0.4, 0.5) is 11.4 Å². The van der Waals surface area contributed by atoms with Crippen LogP contribution in [0.2, 0.25) is 0 Å². The number of hydrogen-bond donors (Lipinski definition) is 0. The third-order valence-corrected chi connectivity index (χ3v) is 3.25. The first kappa shape index (κ1) is 10.8. The molecule has 0 saturated heterocycles. The van der Waals surface area contributed by atoms with Gasteiger partial charge in [-0.15, -0.1) is 0 Å². The molecule has 0 amide bonds. The molecule has 18 heavy (non-hydrogen) atoms. The maximum Gasteiger partial charge on any atom is 0.0490 e. The van der Waals surface area contributed by atoms with Gasteiger partial charge in [0, 0.05) is 17.6 Å². The Morgan fingerprint density at radius 2 is 1.78 bits per heavy atom. The molecule has 0 spiro atoms. The zero-order valence-corrected chi connectivity index (χ0v) is 10.2. The summed E-state index contributed by atoms with van der Waals surface area (Å²) >= 11 is 0. The van der Waals surface area contributed by atoms with Gasteiger partial charge in [-0.3, -0.25) is 0 Å². The monoisotopic (exact) mass is 233 g/mol. The van der Waals surface area contributed by atoms with Crippen LogP contribution in [0.15, 0.2) is 67.4 Å². The van der Waals surface area contributed by atoms with Gasteiger partial charge in [0.2, 0.25) is 0 Å². The fourth-order valence-corrected chi connectivity index (χ4v) is 2.28. The molecule has 1 aliphatic heterocycles. The Labute approximate surface area is 108 Å². The van der Waals surface area contributed by atoms with Crippen molar-refractivity contribution in [2.75, 3.05) is 4.90 Å². The molecule has 0 N–H and O–H groups in total. The Morgan fingerprint density at radius 1 is 1.00 bits per heavy atom. The SMILES string of the molecule is C=Cc1ccc(N2C=CCc3ccccc32)cc1. The predicted octanol–water partition coefficient (Wildman–Crippen LogP) is 4.54. The summed E-state index contributed by atoms with van der Waals surface area (Å²) < 4.78 is 0. The highest BCUT2D eigenvalue weighted by Crippen LogP contribution is 2.32. The summed E-state index contributed by atoms with van der Waals surface area (Å²) in [4.78, 5) is 2.23. The molecule has 0 radical (unpaired) electrons. The Hall–Kier alpha value is -2.28. The van der Waals surface area contributed by atoms with Gasteiger partial charge in [0.25, 0.3) is 0 Å². The van der Waals surface area contributed by atoms with E-state index in [4.69, 9.17) is 0 Å². The van der Waals surface area contributed by atoms with Crippen molar-refractivity contribution in [2.24, 2.45) is 0 Å². The van der Waals surface area contributed by atoms with Gasteiger partial charge in [-0.05, 0) is 35.7 Å². The van der Waals surface area contributed by atoms with E-state index >= 15 is 0 Å². The lowest BCUT2D eigenvalue weighted by Crippen LogP contribution is -2.13. The van der Waals surface area contributed by atoms with Crippen molar-refractivity contribution in [3.63, 3.8) is 0 Å². The van der Waals surface area contributed by atoms with E-state index in [2.05, 4.69) is 72.3 Å². The standard InChI is InChI=1S/C17H15N/c1-2-14-9-11-16(12-10-14)18-13-5-7-15-6-3-4-8-17(15)18/h2-6,8-13H,1,7H2. The molecule has 3 rings (SSSR count). The second kappa shape index (κ2) is 4.53. The molecule has 88 valence electrons. The number of hydrogen-bond acceptors (Lipinski definition) is 1. The lowest BCUT2D eigenvalue weighted by molar-refractivity contribution is 1.13. The molecule has 0 atom stereocenters. The van der Waals surface area contributed by atoms with Gasteiger partial charge in [-0.1, -0.05) is 49.1 Å². The van der Waals surface area contributed by atoms with E-state index in [1.165, 1.54) is 16.9 Å². The highest BCUT2D eigenvalue weighted by atomic mass is 15.1. The van der Waals surface area contributed by atoms with Crippen molar-refractivity contribution in [3.8, 4) is 0 Å². The maximum absolute atomic E-state index is 3.78. The van der Waals surface area contributed by atoms with Crippen molar-refractivity contribution in [1.82, 2.24) is 0 Å².